The minimum absolute atomic E-state index is 0.247. The third-order valence-electron chi connectivity index (χ3n) is 1.34. The lowest BCUT2D eigenvalue weighted by molar-refractivity contribution is -0.137. The van der Waals surface area contributed by atoms with E-state index >= 15 is 0 Å². The van der Waals surface area contributed by atoms with Gasteiger partial charge < -0.3 is 5.73 Å². The van der Waals surface area contributed by atoms with E-state index in [2.05, 4.69) is 12.6 Å². The summed E-state index contributed by atoms with van der Waals surface area (Å²) < 4.78 is 36.3. The average Bonchev–Trinajstić information content (AvgIpc) is 1.92. The van der Waals surface area contributed by atoms with E-state index in [1.54, 1.807) is 0 Å². The molecule has 0 aliphatic rings. The first-order valence-corrected chi connectivity index (χ1v) is 3.51. The molecule has 1 nitrogen and oxygen atoms in total. The lowest BCUT2D eigenvalue weighted by Gasteiger charge is -2.09. The van der Waals surface area contributed by atoms with E-state index in [-0.39, 0.29) is 10.6 Å². The first-order valence-electron chi connectivity index (χ1n) is 3.07. The molecule has 1 aromatic rings. The Kier molecular flexibility index (Phi) is 2.23. The van der Waals surface area contributed by atoms with Crippen molar-refractivity contribution >= 4 is 18.3 Å². The van der Waals surface area contributed by atoms with Crippen molar-refractivity contribution in [3.8, 4) is 0 Å². The zero-order valence-electron chi connectivity index (χ0n) is 5.89. The van der Waals surface area contributed by atoms with Crippen LogP contribution < -0.4 is 5.73 Å². The first kappa shape index (κ1) is 9.25. The third-order valence-corrected chi connectivity index (χ3v) is 1.62. The molecule has 0 fully saturated rings. The van der Waals surface area contributed by atoms with E-state index in [1.165, 1.54) is 12.1 Å². The molecule has 0 saturated heterocycles. The summed E-state index contributed by atoms with van der Waals surface area (Å²) in [6, 6.07) is 3.50. The second kappa shape index (κ2) is 2.90. The van der Waals surface area contributed by atoms with Crippen molar-refractivity contribution in [2.75, 3.05) is 5.73 Å². The molecule has 0 amide bonds. The number of benzene rings is 1. The Balaban J connectivity index is 3.23. The molecule has 0 atom stereocenters. The van der Waals surface area contributed by atoms with Crippen LogP contribution in [0.3, 0.4) is 0 Å². The minimum Gasteiger partial charge on any atom is -0.398 e. The fourth-order valence-corrected chi connectivity index (χ4v) is 0.993. The Bertz CT molecular complexity index is 295. The number of hydrogen-bond acceptors (Lipinski definition) is 2. The van der Waals surface area contributed by atoms with Crippen molar-refractivity contribution in [3.05, 3.63) is 23.8 Å². The van der Waals surface area contributed by atoms with Gasteiger partial charge in [0.15, 0.2) is 0 Å². The summed E-state index contributed by atoms with van der Waals surface area (Å²) >= 11 is 3.78. The normalized spacial score (nSPS) is 11.7. The fraction of sp³-hybridized carbons (Fsp3) is 0.143. The molecule has 0 aliphatic carbocycles. The van der Waals surface area contributed by atoms with E-state index in [1.807, 2.05) is 0 Å². The van der Waals surface area contributed by atoms with Gasteiger partial charge in [0, 0.05) is 10.6 Å². The number of hydrogen-bond donors (Lipinski definition) is 2. The van der Waals surface area contributed by atoms with Gasteiger partial charge in [-0.2, -0.15) is 13.2 Å². The maximum atomic E-state index is 12.1. The summed E-state index contributed by atoms with van der Waals surface area (Å²) in [7, 11) is 0. The lowest BCUT2D eigenvalue weighted by Crippen LogP contribution is -2.08. The van der Waals surface area contributed by atoms with E-state index in [9.17, 15) is 13.2 Å². The summed E-state index contributed by atoms with van der Waals surface area (Å²) in [5.41, 5.74) is 4.01. The van der Waals surface area contributed by atoms with Gasteiger partial charge in [-0.15, -0.1) is 12.6 Å². The monoisotopic (exact) mass is 193 g/mol. The molecule has 2 N–H and O–H groups in total. The quantitative estimate of drug-likeness (QED) is 0.480. The van der Waals surface area contributed by atoms with Gasteiger partial charge in [-0.05, 0) is 18.2 Å². The van der Waals surface area contributed by atoms with Crippen molar-refractivity contribution in [3.63, 3.8) is 0 Å². The van der Waals surface area contributed by atoms with Gasteiger partial charge in [0.2, 0.25) is 0 Å². The smallest absolute Gasteiger partial charge is 0.398 e. The fourth-order valence-electron chi connectivity index (χ4n) is 0.790. The number of halogens is 3. The largest absolute Gasteiger partial charge is 0.418 e. The molecule has 0 saturated carbocycles. The standard InChI is InChI=1S/C7H6F3NS/c8-7(9,10)5-3-4(12)1-2-6(5)11/h1-3,12H,11H2. The number of rotatable bonds is 0. The van der Waals surface area contributed by atoms with E-state index in [0.717, 1.165) is 6.07 Å². The second-order valence-corrected chi connectivity index (χ2v) is 2.79. The molecule has 5 heteroatoms. The molecule has 0 aliphatic heterocycles. The number of thiol groups is 1. The topological polar surface area (TPSA) is 26.0 Å². The average molecular weight is 193 g/mol. The predicted octanol–water partition coefficient (Wildman–Crippen LogP) is 2.58. The van der Waals surface area contributed by atoms with Gasteiger partial charge in [-0.1, -0.05) is 0 Å². The van der Waals surface area contributed by atoms with Gasteiger partial charge in [0.1, 0.15) is 0 Å². The Hall–Kier alpha value is -0.840. The van der Waals surface area contributed by atoms with Crippen LogP contribution in [0, 0.1) is 0 Å². The summed E-state index contributed by atoms with van der Waals surface area (Å²) in [6.45, 7) is 0. The Morgan fingerprint density at radius 2 is 1.83 bits per heavy atom. The SMILES string of the molecule is Nc1ccc(S)cc1C(F)(F)F. The molecule has 0 heterocycles. The third kappa shape index (κ3) is 1.85. The van der Waals surface area contributed by atoms with E-state index in [0.29, 0.717) is 0 Å². The van der Waals surface area contributed by atoms with Crippen LogP contribution in [-0.4, -0.2) is 0 Å². The van der Waals surface area contributed by atoms with Crippen molar-refractivity contribution in [1.82, 2.24) is 0 Å². The highest BCUT2D eigenvalue weighted by atomic mass is 32.1. The molecule has 66 valence electrons. The second-order valence-electron chi connectivity index (χ2n) is 2.27. The molecular weight excluding hydrogens is 187 g/mol. The highest BCUT2D eigenvalue weighted by molar-refractivity contribution is 7.80. The molecule has 0 spiro atoms. The molecule has 0 aromatic heterocycles. The Morgan fingerprint density at radius 3 is 2.25 bits per heavy atom. The Morgan fingerprint density at radius 1 is 1.25 bits per heavy atom. The van der Waals surface area contributed by atoms with Crippen LogP contribution in [-0.2, 0) is 6.18 Å². The van der Waals surface area contributed by atoms with Crippen molar-refractivity contribution in [1.29, 1.82) is 0 Å². The lowest BCUT2D eigenvalue weighted by atomic mass is 10.2. The highest BCUT2D eigenvalue weighted by Gasteiger charge is 2.32. The van der Waals surface area contributed by atoms with Crippen molar-refractivity contribution in [2.45, 2.75) is 11.1 Å². The van der Waals surface area contributed by atoms with Crippen molar-refractivity contribution < 1.29 is 13.2 Å². The van der Waals surface area contributed by atoms with Gasteiger partial charge in [-0.25, -0.2) is 0 Å². The molecule has 12 heavy (non-hydrogen) atoms. The number of alkyl halides is 3. The van der Waals surface area contributed by atoms with E-state index in [4.69, 9.17) is 5.73 Å². The summed E-state index contributed by atoms with van der Waals surface area (Å²) in [6.07, 6.45) is -4.40. The zero-order valence-corrected chi connectivity index (χ0v) is 6.78. The highest BCUT2D eigenvalue weighted by Crippen LogP contribution is 2.34. The van der Waals surface area contributed by atoms with Gasteiger partial charge in [-0.3, -0.25) is 0 Å². The maximum Gasteiger partial charge on any atom is 0.418 e. The number of nitrogen functional groups attached to an aromatic ring is 1. The van der Waals surface area contributed by atoms with Crippen LogP contribution in [0.15, 0.2) is 23.1 Å². The van der Waals surface area contributed by atoms with Crippen LogP contribution in [0.1, 0.15) is 5.56 Å². The maximum absolute atomic E-state index is 12.1. The van der Waals surface area contributed by atoms with Gasteiger partial charge in [0.05, 0.1) is 5.56 Å². The zero-order chi connectivity index (χ0) is 9.35. The summed E-state index contributed by atoms with van der Waals surface area (Å²) in [5.74, 6) is 0. The van der Waals surface area contributed by atoms with E-state index < -0.39 is 11.7 Å². The molecule has 1 rings (SSSR count). The Labute approximate surface area is 72.8 Å². The molecule has 0 unspecified atom stereocenters. The molecule has 0 bridgehead atoms. The van der Waals surface area contributed by atoms with Crippen LogP contribution in [0.25, 0.3) is 0 Å². The van der Waals surface area contributed by atoms with Gasteiger partial charge in [0.25, 0.3) is 0 Å². The predicted molar refractivity (Wildman–Crippen MR) is 43.1 cm³/mol. The van der Waals surface area contributed by atoms with Crippen LogP contribution in [0.5, 0.6) is 0 Å². The number of anilines is 1. The van der Waals surface area contributed by atoms with Crippen LogP contribution in [0.2, 0.25) is 0 Å². The summed E-state index contributed by atoms with van der Waals surface area (Å²) in [4.78, 5) is 0.247. The van der Waals surface area contributed by atoms with Gasteiger partial charge >= 0.3 is 6.18 Å². The van der Waals surface area contributed by atoms with Crippen LogP contribution >= 0.6 is 12.6 Å². The minimum atomic E-state index is -4.40. The number of nitrogens with two attached hydrogens (primary N) is 1. The van der Waals surface area contributed by atoms with Crippen LogP contribution in [0.4, 0.5) is 18.9 Å². The molecule has 0 radical (unpaired) electrons. The molecule has 1 aromatic carbocycles. The van der Waals surface area contributed by atoms with Crippen molar-refractivity contribution in [2.24, 2.45) is 0 Å². The molecular formula is C7H6F3NS. The summed E-state index contributed by atoms with van der Waals surface area (Å²) in [5, 5.41) is 0. The first-order chi connectivity index (χ1) is 5.41.